The van der Waals surface area contributed by atoms with Gasteiger partial charge in [-0.3, -0.25) is 14.0 Å². The van der Waals surface area contributed by atoms with Gasteiger partial charge in [0.15, 0.2) is 0 Å². The lowest BCUT2D eigenvalue weighted by atomic mass is 10.1. The van der Waals surface area contributed by atoms with Crippen LogP contribution in [0.3, 0.4) is 0 Å². The Kier molecular flexibility index (Phi) is 6.09. The Morgan fingerprint density at radius 3 is 2.97 bits per heavy atom. The summed E-state index contributed by atoms with van der Waals surface area (Å²) >= 11 is 9.20. The molecule has 1 unspecified atom stereocenters. The molecule has 0 radical (unpaired) electrons. The van der Waals surface area contributed by atoms with Crippen molar-refractivity contribution < 1.29 is 9.59 Å². The number of thioether (sulfide) groups is 1. The predicted octanol–water partition coefficient (Wildman–Crippen LogP) is 4.36. The third-order valence-corrected chi connectivity index (χ3v) is 7.78. The second-order valence-corrected chi connectivity index (χ2v) is 10.5. The quantitative estimate of drug-likeness (QED) is 0.443. The van der Waals surface area contributed by atoms with Crippen LogP contribution in [-0.4, -0.2) is 55.3 Å². The molecular formula is C23H20ClN5O2S2. The van der Waals surface area contributed by atoms with Crippen LogP contribution < -0.4 is 5.32 Å². The third-order valence-electron chi connectivity index (χ3n) is 5.36. The number of nitrogens with one attached hydrogen (secondary N) is 1. The maximum Gasteiger partial charge on any atom is 0.270 e. The van der Waals surface area contributed by atoms with E-state index in [4.69, 9.17) is 11.6 Å². The molecule has 1 aromatic carbocycles. The zero-order chi connectivity index (χ0) is 22.9. The van der Waals surface area contributed by atoms with Crippen LogP contribution in [0.2, 0.25) is 5.02 Å². The Morgan fingerprint density at radius 2 is 2.12 bits per heavy atom. The van der Waals surface area contributed by atoms with Crippen LogP contribution in [0.25, 0.3) is 16.9 Å². The van der Waals surface area contributed by atoms with Crippen molar-refractivity contribution in [2.75, 3.05) is 18.8 Å². The molecular weight excluding hydrogens is 478 g/mol. The van der Waals surface area contributed by atoms with Gasteiger partial charge in [0.2, 0.25) is 0 Å². The predicted molar refractivity (Wildman–Crippen MR) is 132 cm³/mol. The van der Waals surface area contributed by atoms with E-state index in [1.165, 1.54) is 11.3 Å². The standard InChI is InChI=1S/C23H20ClN5O2S2/c1-14-27-20(15-5-4-6-16(24)11-15)21(33-14)23(31)29-9-10-32-19(29)13-26-22(30)17-12-25-18-7-2-3-8-28(17)18/h2-8,11-12,19H,9-10,13H2,1H3,(H,26,30). The Balaban J connectivity index is 1.33. The third kappa shape index (κ3) is 4.36. The molecule has 1 aliphatic heterocycles. The van der Waals surface area contributed by atoms with Crippen LogP contribution in [0.4, 0.5) is 0 Å². The van der Waals surface area contributed by atoms with Crippen LogP contribution >= 0.6 is 34.7 Å². The Labute approximate surface area is 203 Å². The van der Waals surface area contributed by atoms with E-state index in [-0.39, 0.29) is 17.2 Å². The van der Waals surface area contributed by atoms with Gasteiger partial charge in [0.05, 0.1) is 22.3 Å². The summed E-state index contributed by atoms with van der Waals surface area (Å²) in [5.74, 6) is 0.517. The van der Waals surface area contributed by atoms with Crippen molar-refractivity contribution in [3.05, 3.63) is 75.5 Å². The monoisotopic (exact) mass is 497 g/mol. The lowest BCUT2D eigenvalue weighted by Gasteiger charge is -2.24. The molecule has 1 atom stereocenters. The van der Waals surface area contributed by atoms with Gasteiger partial charge in [-0.15, -0.1) is 23.1 Å². The lowest BCUT2D eigenvalue weighted by Crippen LogP contribution is -2.42. The molecule has 7 nitrogen and oxygen atoms in total. The normalized spacial score (nSPS) is 15.8. The minimum Gasteiger partial charge on any atom is -0.348 e. The van der Waals surface area contributed by atoms with Gasteiger partial charge in [0.1, 0.15) is 16.2 Å². The Morgan fingerprint density at radius 1 is 1.24 bits per heavy atom. The number of benzene rings is 1. The van der Waals surface area contributed by atoms with Gasteiger partial charge in [-0.1, -0.05) is 29.8 Å². The van der Waals surface area contributed by atoms with E-state index in [2.05, 4.69) is 15.3 Å². The number of aryl methyl sites for hydroxylation is 1. The molecule has 33 heavy (non-hydrogen) atoms. The fourth-order valence-corrected chi connectivity index (χ4v) is 6.07. The number of carbonyl (C=O) groups is 2. The fraction of sp³-hybridized carbons (Fsp3) is 0.217. The number of imidazole rings is 1. The number of amides is 2. The van der Waals surface area contributed by atoms with Gasteiger partial charge in [-0.05, 0) is 31.2 Å². The number of hydrogen-bond acceptors (Lipinski definition) is 6. The zero-order valence-electron chi connectivity index (χ0n) is 17.7. The molecule has 4 heterocycles. The maximum atomic E-state index is 13.5. The molecule has 1 aliphatic rings. The molecule has 3 aromatic heterocycles. The summed E-state index contributed by atoms with van der Waals surface area (Å²) in [4.78, 5) is 37.6. The van der Waals surface area contributed by atoms with E-state index >= 15 is 0 Å². The molecule has 4 aromatic rings. The van der Waals surface area contributed by atoms with Crippen molar-refractivity contribution in [2.45, 2.75) is 12.3 Å². The van der Waals surface area contributed by atoms with E-state index in [9.17, 15) is 9.59 Å². The van der Waals surface area contributed by atoms with Gasteiger partial charge in [0, 0.05) is 35.6 Å². The first-order valence-corrected chi connectivity index (χ1v) is 12.6. The Bertz CT molecular complexity index is 1350. The largest absolute Gasteiger partial charge is 0.348 e. The number of aromatic nitrogens is 3. The molecule has 5 rings (SSSR count). The minimum atomic E-state index is -0.221. The highest BCUT2D eigenvalue weighted by Gasteiger charge is 2.33. The first-order valence-electron chi connectivity index (χ1n) is 10.4. The van der Waals surface area contributed by atoms with Crippen molar-refractivity contribution >= 4 is 52.2 Å². The van der Waals surface area contributed by atoms with E-state index in [1.54, 1.807) is 34.6 Å². The summed E-state index contributed by atoms with van der Waals surface area (Å²) in [6.45, 7) is 2.85. The average Bonchev–Trinajstić information content (AvgIpc) is 3.55. The van der Waals surface area contributed by atoms with Crippen molar-refractivity contribution in [1.82, 2.24) is 24.6 Å². The van der Waals surface area contributed by atoms with Crippen molar-refractivity contribution in [3.8, 4) is 11.3 Å². The van der Waals surface area contributed by atoms with E-state index in [0.717, 1.165) is 16.3 Å². The highest BCUT2D eigenvalue weighted by atomic mass is 35.5. The van der Waals surface area contributed by atoms with Gasteiger partial charge in [-0.2, -0.15) is 0 Å². The second kappa shape index (κ2) is 9.17. The van der Waals surface area contributed by atoms with Gasteiger partial charge in [0.25, 0.3) is 11.8 Å². The summed E-state index contributed by atoms with van der Waals surface area (Å²) in [7, 11) is 0. The van der Waals surface area contributed by atoms with Crippen LogP contribution in [-0.2, 0) is 0 Å². The molecule has 1 N–H and O–H groups in total. The number of rotatable bonds is 5. The lowest BCUT2D eigenvalue weighted by molar-refractivity contribution is 0.0756. The number of halogens is 1. The molecule has 0 spiro atoms. The van der Waals surface area contributed by atoms with E-state index in [0.29, 0.717) is 40.0 Å². The first-order chi connectivity index (χ1) is 16.0. The van der Waals surface area contributed by atoms with Crippen molar-refractivity contribution in [3.63, 3.8) is 0 Å². The van der Waals surface area contributed by atoms with E-state index < -0.39 is 0 Å². The maximum absolute atomic E-state index is 13.5. The summed E-state index contributed by atoms with van der Waals surface area (Å²) in [5, 5.41) is 4.23. The van der Waals surface area contributed by atoms with Gasteiger partial charge in [-0.25, -0.2) is 9.97 Å². The molecule has 0 aliphatic carbocycles. The molecule has 0 bridgehead atoms. The van der Waals surface area contributed by atoms with Crippen LogP contribution in [0, 0.1) is 6.92 Å². The summed E-state index contributed by atoms with van der Waals surface area (Å²) in [6.07, 6.45) is 3.37. The second-order valence-electron chi connectivity index (χ2n) is 7.53. The molecule has 2 amide bonds. The number of hydrogen-bond donors (Lipinski definition) is 1. The number of nitrogens with zero attached hydrogens (tertiary/aromatic N) is 4. The zero-order valence-corrected chi connectivity index (χ0v) is 20.1. The number of carbonyl (C=O) groups excluding carboxylic acids is 2. The van der Waals surface area contributed by atoms with Gasteiger partial charge >= 0.3 is 0 Å². The fourth-order valence-electron chi connectivity index (χ4n) is 3.83. The van der Waals surface area contributed by atoms with Crippen LogP contribution in [0.15, 0.2) is 54.9 Å². The summed E-state index contributed by atoms with van der Waals surface area (Å²) in [5.41, 5.74) is 2.64. The topological polar surface area (TPSA) is 79.6 Å². The van der Waals surface area contributed by atoms with Crippen molar-refractivity contribution in [2.24, 2.45) is 0 Å². The van der Waals surface area contributed by atoms with Crippen LogP contribution in [0.1, 0.15) is 25.2 Å². The molecule has 168 valence electrons. The van der Waals surface area contributed by atoms with Gasteiger partial charge < -0.3 is 10.2 Å². The smallest absolute Gasteiger partial charge is 0.270 e. The SMILES string of the molecule is Cc1nc(-c2cccc(Cl)c2)c(C(=O)N2CCSC2CNC(=O)c2cnc3ccccn23)s1. The van der Waals surface area contributed by atoms with Crippen LogP contribution in [0.5, 0.6) is 0 Å². The number of pyridine rings is 1. The number of thiazole rings is 1. The van der Waals surface area contributed by atoms with E-state index in [1.807, 2.05) is 48.2 Å². The Hall–Kier alpha value is -2.88. The molecule has 10 heteroatoms. The summed E-state index contributed by atoms with van der Waals surface area (Å²) in [6, 6.07) is 13.0. The minimum absolute atomic E-state index is 0.0744. The molecule has 0 saturated carbocycles. The molecule has 1 fully saturated rings. The average molecular weight is 498 g/mol. The summed E-state index contributed by atoms with van der Waals surface area (Å²) < 4.78 is 1.75. The molecule has 1 saturated heterocycles. The number of fused-ring (bicyclic) bond motifs is 1. The first kappa shape index (κ1) is 21.9. The van der Waals surface area contributed by atoms with Crippen molar-refractivity contribution in [1.29, 1.82) is 0 Å². The highest BCUT2D eigenvalue weighted by Crippen LogP contribution is 2.33. The highest BCUT2D eigenvalue weighted by molar-refractivity contribution is 8.00.